The molecule has 0 saturated carbocycles. The molecule has 1 aromatic heterocycles. The van der Waals surface area contributed by atoms with Gasteiger partial charge in [0.15, 0.2) is 5.76 Å². The first-order chi connectivity index (χ1) is 12.1. The van der Waals surface area contributed by atoms with Crippen LogP contribution in [0.5, 0.6) is 11.5 Å². The summed E-state index contributed by atoms with van der Waals surface area (Å²) >= 11 is 0. The van der Waals surface area contributed by atoms with Crippen molar-refractivity contribution in [1.82, 2.24) is 5.16 Å². The van der Waals surface area contributed by atoms with E-state index in [-0.39, 0.29) is 22.6 Å². The molecular weight excluding hydrogens is 332 g/mol. The third-order valence-corrected chi connectivity index (χ3v) is 3.74. The van der Waals surface area contributed by atoms with E-state index >= 15 is 0 Å². The maximum absolute atomic E-state index is 14.1. The molecule has 0 atom stereocenters. The fraction of sp³-hybridized carbons (Fsp3) is 0.167. The van der Waals surface area contributed by atoms with Crippen molar-refractivity contribution in [3.8, 4) is 34.1 Å². The molecule has 7 heteroatoms. The van der Waals surface area contributed by atoms with E-state index in [4.69, 9.17) is 14.0 Å². The molecule has 0 radical (unpaired) electrons. The third-order valence-electron chi connectivity index (χ3n) is 3.74. The van der Waals surface area contributed by atoms with Crippen molar-refractivity contribution in [1.29, 1.82) is 0 Å². The Balaban J connectivity index is 2.17. The first-order valence-corrected chi connectivity index (χ1v) is 7.35. The second kappa shape index (κ2) is 6.90. The van der Waals surface area contributed by atoms with Crippen LogP contribution in [0.1, 0.15) is 5.56 Å². The van der Waals surface area contributed by atoms with Crippen molar-refractivity contribution < 1.29 is 27.9 Å². The molecule has 25 heavy (non-hydrogen) atoms. The van der Waals surface area contributed by atoms with Crippen LogP contribution in [0.2, 0.25) is 0 Å². The molecule has 0 aliphatic rings. The van der Waals surface area contributed by atoms with Crippen molar-refractivity contribution in [2.75, 3.05) is 14.2 Å². The zero-order valence-electron chi connectivity index (χ0n) is 13.5. The minimum absolute atomic E-state index is 0.0382. The summed E-state index contributed by atoms with van der Waals surface area (Å²) in [5, 5.41) is 13.6. The van der Waals surface area contributed by atoms with Crippen LogP contribution < -0.4 is 9.47 Å². The highest BCUT2D eigenvalue weighted by Crippen LogP contribution is 2.36. The Bertz CT molecular complexity index is 886. The van der Waals surface area contributed by atoms with Gasteiger partial charge in [-0.15, -0.1) is 0 Å². The van der Waals surface area contributed by atoms with Gasteiger partial charge in [-0.25, -0.2) is 8.78 Å². The number of methoxy groups -OCH3 is 2. The lowest BCUT2D eigenvalue weighted by molar-refractivity contribution is 0.281. The maximum atomic E-state index is 14.1. The number of hydrogen-bond acceptors (Lipinski definition) is 5. The molecule has 0 saturated heterocycles. The van der Waals surface area contributed by atoms with Crippen LogP contribution in [0, 0.1) is 11.6 Å². The van der Waals surface area contributed by atoms with Crippen LogP contribution in [0.3, 0.4) is 0 Å². The molecule has 0 aliphatic carbocycles. The average Bonchev–Trinajstić information content (AvgIpc) is 3.07. The van der Waals surface area contributed by atoms with Gasteiger partial charge >= 0.3 is 0 Å². The zero-order chi connectivity index (χ0) is 18.0. The minimum Gasteiger partial charge on any atom is -0.497 e. The summed E-state index contributed by atoms with van der Waals surface area (Å²) in [5.74, 6) is -0.0494. The van der Waals surface area contributed by atoms with Gasteiger partial charge in [0.25, 0.3) is 0 Å². The summed E-state index contributed by atoms with van der Waals surface area (Å²) in [6, 6.07) is 8.00. The van der Waals surface area contributed by atoms with Gasteiger partial charge in [-0.2, -0.15) is 0 Å². The lowest BCUT2D eigenvalue weighted by Gasteiger charge is -2.07. The summed E-state index contributed by atoms with van der Waals surface area (Å²) in [6.45, 7) is -0.469. The molecule has 0 unspecified atom stereocenters. The molecule has 3 aromatic rings. The summed E-state index contributed by atoms with van der Waals surface area (Å²) in [7, 11) is 3.00. The average molecular weight is 347 g/mol. The predicted octanol–water partition coefficient (Wildman–Crippen LogP) is 3.80. The van der Waals surface area contributed by atoms with Crippen LogP contribution >= 0.6 is 0 Å². The van der Waals surface area contributed by atoms with Crippen molar-refractivity contribution in [2.45, 2.75) is 6.61 Å². The van der Waals surface area contributed by atoms with E-state index in [1.807, 2.05) is 0 Å². The van der Waals surface area contributed by atoms with Gasteiger partial charge in [0.2, 0.25) is 0 Å². The smallest absolute Gasteiger partial charge is 0.173 e. The lowest BCUT2D eigenvalue weighted by atomic mass is 10.0. The van der Waals surface area contributed by atoms with E-state index in [1.54, 1.807) is 18.2 Å². The maximum Gasteiger partial charge on any atom is 0.173 e. The molecule has 1 heterocycles. The van der Waals surface area contributed by atoms with E-state index in [0.29, 0.717) is 17.1 Å². The van der Waals surface area contributed by atoms with Crippen molar-refractivity contribution in [3.05, 3.63) is 53.6 Å². The van der Waals surface area contributed by atoms with Crippen LogP contribution in [0.15, 0.2) is 40.9 Å². The topological polar surface area (TPSA) is 64.7 Å². The molecule has 0 aliphatic heterocycles. The number of benzene rings is 2. The van der Waals surface area contributed by atoms with E-state index in [2.05, 4.69) is 5.16 Å². The molecule has 0 amide bonds. The predicted molar refractivity (Wildman–Crippen MR) is 86.3 cm³/mol. The van der Waals surface area contributed by atoms with Crippen molar-refractivity contribution in [3.63, 3.8) is 0 Å². The number of hydrogen-bond donors (Lipinski definition) is 1. The Morgan fingerprint density at radius 3 is 2.32 bits per heavy atom. The van der Waals surface area contributed by atoms with E-state index in [9.17, 15) is 13.9 Å². The Morgan fingerprint density at radius 1 is 1.04 bits per heavy atom. The van der Waals surface area contributed by atoms with Crippen LogP contribution in [-0.2, 0) is 6.61 Å². The second-order valence-electron chi connectivity index (χ2n) is 5.22. The Morgan fingerprint density at radius 2 is 1.72 bits per heavy atom. The fourth-order valence-corrected chi connectivity index (χ4v) is 2.51. The molecule has 3 rings (SSSR count). The lowest BCUT2D eigenvalue weighted by Crippen LogP contribution is -1.93. The van der Waals surface area contributed by atoms with Gasteiger partial charge in [-0.1, -0.05) is 5.16 Å². The van der Waals surface area contributed by atoms with Crippen LogP contribution in [0.25, 0.3) is 22.6 Å². The van der Waals surface area contributed by atoms with E-state index in [0.717, 1.165) is 18.2 Å². The normalized spacial score (nSPS) is 10.8. The number of aliphatic hydroxyl groups excluding tert-OH is 1. The first-order valence-electron chi connectivity index (χ1n) is 7.35. The Kier molecular flexibility index (Phi) is 4.67. The number of halogens is 2. The highest BCUT2D eigenvalue weighted by molar-refractivity contribution is 5.74. The first kappa shape index (κ1) is 16.9. The number of rotatable bonds is 5. The minimum atomic E-state index is -0.667. The number of nitrogens with zero attached hydrogens (tertiary/aromatic N) is 1. The molecule has 0 fully saturated rings. The summed E-state index contributed by atoms with van der Waals surface area (Å²) in [6.07, 6.45) is 0. The molecule has 1 N–H and O–H groups in total. The monoisotopic (exact) mass is 347 g/mol. The zero-order valence-corrected chi connectivity index (χ0v) is 13.5. The quantitative estimate of drug-likeness (QED) is 0.761. The van der Waals surface area contributed by atoms with E-state index in [1.165, 1.54) is 14.2 Å². The van der Waals surface area contributed by atoms with Gasteiger partial charge in [0.1, 0.15) is 28.8 Å². The van der Waals surface area contributed by atoms with Gasteiger partial charge in [0, 0.05) is 17.2 Å². The van der Waals surface area contributed by atoms with Crippen LogP contribution in [-0.4, -0.2) is 24.5 Å². The Labute approximate surface area is 142 Å². The number of ether oxygens (including phenoxy) is 2. The third kappa shape index (κ3) is 3.18. The highest BCUT2D eigenvalue weighted by Gasteiger charge is 2.22. The summed E-state index contributed by atoms with van der Waals surface area (Å²) < 4.78 is 43.2. The van der Waals surface area contributed by atoms with Crippen LogP contribution in [0.4, 0.5) is 8.78 Å². The SMILES string of the molecule is COc1cc(OC)cc(-c2onc(-c3cc(F)ccc3F)c2CO)c1. The molecule has 0 spiro atoms. The van der Waals surface area contributed by atoms with Gasteiger partial charge in [-0.3, -0.25) is 0 Å². The largest absolute Gasteiger partial charge is 0.497 e. The van der Waals surface area contributed by atoms with Crippen molar-refractivity contribution >= 4 is 0 Å². The van der Waals surface area contributed by atoms with Crippen molar-refractivity contribution in [2.24, 2.45) is 0 Å². The standard InChI is InChI=1S/C18H15F2NO4/c1-23-12-5-10(6-13(8-12)24-2)18-15(9-22)17(21-25-18)14-7-11(19)3-4-16(14)20/h3-8,22H,9H2,1-2H3. The van der Waals surface area contributed by atoms with Gasteiger partial charge < -0.3 is 19.1 Å². The molecule has 130 valence electrons. The molecule has 0 bridgehead atoms. The van der Waals surface area contributed by atoms with Gasteiger partial charge in [0.05, 0.1) is 26.4 Å². The number of aliphatic hydroxyl groups is 1. The summed E-state index contributed by atoms with van der Waals surface area (Å²) in [5.41, 5.74) is 0.709. The molecule has 2 aromatic carbocycles. The van der Waals surface area contributed by atoms with E-state index < -0.39 is 18.2 Å². The second-order valence-corrected chi connectivity index (χ2v) is 5.22. The number of aromatic nitrogens is 1. The Hall–Kier alpha value is -2.93. The fourth-order valence-electron chi connectivity index (χ4n) is 2.51. The molecule has 5 nitrogen and oxygen atoms in total. The summed E-state index contributed by atoms with van der Waals surface area (Å²) in [4.78, 5) is 0. The van der Waals surface area contributed by atoms with Gasteiger partial charge in [-0.05, 0) is 30.3 Å². The molecular formula is C18H15F2NO4. The highest BCUT2D eigenvalue weighted by atomic mass is 19.1.